The molecule has 0 atom stereocenters. The van der Waals surface area contributed by atoms with Crippen molar-refractivity contribution in [1.82, 2.24) is 9.78 Å². The van der Waals surface area contributed by atoms with E-state index in [1.54, 1.807) is 16.9 Å². The Hall–Kier alpha value is -0.390. The Bertz CT molecular complexity index is 349. The maximum Gasteiger partial charge on any atom is 0.267 e. The Morgan fingerprint density at radius 1 is 1.33 bits per heavy atom. The van der Waals surface area contributed by atoms with Gasteiger partial charge in [0.25, 0.3) is 5.56 Å². The highest BCUT2D eigenvalue weighted by Gasteiger charge is 1.97. The largest absolute Gasteiger partial charge is 0.268 e. The van der Waals surface area contributed by atoms with Gasteiger partial charge in [0.1, 0.15) is 0 Å². The quantitative estimate of drug-likeness (QED) is 0.597. The molecule has 0 spiro atoms. The highest BCUT2D eigenvalue weighted by molar-refractivity contribution is 14.1. The van der Waals surface area contributed by atoms with E-state index in [0.29, 0.717) is 0 Å². The van der Waals surface area contributed by atoms with E-state index < -0.39 is 0 Å². The van der Waals surface area contributed by atoms with Crippen LogP contribution in [0.4, 0.5) is 0 Å². The molecule has 1 rings (SSSR count). The van der Waals surface area contributed by atoms with Crippen molar-refractivity contribution in [2.45, 2.75) is 45.6 Å². The number of hydrogen-bond acceptors (Lipinski definition) is 2. The van der Waals surface area contributed by atoms with Crippen LogP contribution in [0.2, 0.25) is 0 Å². The van der Waals surface area contributed by atoms with Crippen LogP contribution in [0.1, 0.15) is 39.0 Å². The van der Waals surface area contributed by atoms with E-state index in [1.807, 2.05) is 0 Å². The van der Waals surface area contributed by atoms with Crippen LogP contribution in [0.25, 0.3) is 0 Å². The Balaban J connectivity index is 2.34. The Morgan fingerprint density at radius 2 is 2.07 bits per heavy atom. The monoisotopic (exact) mass is 320 g/mol. The molecule has 0 fully saturated rings. The predicted molar refractivity (Wildman–Crippen MR) is 70.0 cm³/mol. The summed E-state index contributed by atoms with van der Waals surface area (Å²) in [6.45, 7) is 2.95. The average molecular weight is 320 g/mol. The molecule has 0 bridgehead atoms. The van der Waals surface area contributed by atoms with Crippen molar-refractivity contribution in [3.8, 4) is 0 Å². The summed E-state index contributed by atoms with van der Waals surface area (Å²) in [4.78, 5) is 11.5. The maximum atomic E-state index is 11.5. The molecular formula is C11H17IN2O. The molecule has 0 saturated carbocycles. The standard InChI is InChI=1S/C11H17IN2O/c1-2-3-4-5-6-7-14-11(15)8-10(12)9-13-14/h8-9H,2-7H2,1H3. The second-order valence-corrected chi connectivity index (χ2v) is 4.90. The van der Waals surface area contributed by atoms with E-state index >= 15 is 0 Å². The third-order valence-corrected chi connectivity index (χ3v) is 2.90. The molecule has 84 valence electrons. The molecule has 1 heterocycles. The lowest BCUT2D eigenvalue weighted by atomic mass is 10.1. The molecule has 0 aliphatic carbocycles. The number of rotatable bonds is 6. The first-order chi connectivity index (χ1) is 7.24. The van der Waals surface area contributed by atoms with Crippen molar-refractivity contribution < 1.29 is 0 Å². The summed E-state index contributed by atoms with van der Waals surface area (Å²) in [6.07, 6.45) is 7.77. The van der Waals surface area contributed by atoms with Gasteiger partial charge in [0.2, 0.25) is 0 Å². The molecule has 0 aliphatic heterocycles. The molecular weight excluding hydrogens is 303 g/mol. The highest BCUT2D eigenvalue weighted by Crippen LogP contribution is 2.03. The van der Waals surface area contributed by atoms with Crippen LogP contribution in [-0.4, -0.2) is 9.78 Å². The minimum Gasteiger partial charge on any atom is -0.268 e. The summed E-state index contributed by atoms with van der Waals surface area (Å²) < 4.78 is 2.45. The van der Waals surface area contributed by atoms with Gasteiger partial charge < -0.3 is 0 Å². The van der Waals surface area contributed by atoms with E-state index in [0.717, 1.165) is 16.5 Å². The SMILES string of the molecule is CCCCCCCn1ncc(I)cc1=O. The molecule has 15 heavy (non-hydrogen) atoms. The van der Waals surface area contributed by atoms with Crippen LogP contribution in [0, 0.1) is 3.57 Å². The van der Waals surface area contributed by atoms with E-state index in [9.17, 15) is 4.79 Å². The third-order valence-electron chi connectivity index (χ3n) is 2.31. The number of halogens is 1. The zero-order valence-corrected chi connectivity index (χ0v) is 11.2. The fourth-order valence-electron chi connectivity index (χ4n) is 1.44. The number of nitrogens with zero attached hydrogens (tertiary/aromatic N) is 2. The maximum absolute atomic E-state index is 11.5. The van der Waals surface area contributed by atoms with Gasteiger partial charge in [0, 0.05) is 16.2 Å². The van der Waals surface area contributed by atoms with Gasteiger partial charge >= 0.3 is 0 Å². The van der Waals surface area contributed by atoms with E-state index in [4.69, 9.17) is 0 Å². The van der Waals surface area contributed by atoms with Gasteiger partial charge in [-0.15, -0.1) is 0 Å². The molecule has 0 unspecified atom stereocenters. The summed E-state index contributed by atoms with van der Waals surface area (Å²) in [5.41, 5.74) is 0.0115. The first-order valence-corrected chi connectivity index (χ1v) is 6.54. The average Bonchev–Trinajstić information content (AvgIpc) is 2.20. The summed E-state index contributed by atoms with van der Waals surface area (Å²) >= 11 is 2.10. The molecule has 1 aromatic rings. The molecule has 0 radical (unpaired) electrons. The molecule has 0 N–H and O–H groups in total. The lowest BCUT2D eigenvalue weighted by Crippen LogP contribution is -2.22. The summed E-state index contributed by atoms with van der Waals surface area (Å²) in [5, 5.41) is 4.09. The van der Waals surface area contributed by atoms with Crippen molar-refractivity contribution in [1.29, 1.82) is 0 Å². The highest BCUT2D eigenvalue weighted by atomic mass is 127. The van der Waals surface area contributed by atoms with E-state index in [-0.39, 0.29) is 5.56 Å². The van der Waals surface area contributed by atoms with Crippen molar-refractivity contribution in [3.63, 3.8) is 0 Å². The Labute approximate surface area is 104 Å². The molecule has 0 amide bonds. The Morgan fingerprint density at radius 3 is 2.73 bits per heavy atom. The predicted octanol–water partition coefficient (Wildman–Crippen LogP) is 2.82. The van der Waals surface area contributed by atoms with Crippen LogP contribution in [-0.2, 0) is 6.54 Å². The van der Waals surface area contributed by atoms with Crippen molar-refractivity contribution in [3.05, 3.63) is 26.2 Å². The molecule has 1 aromatic heterocycles. The van der Waals surface area contributed by atoms with Crippen LogP contribution in [0.3, 0.4) is 0 Å². The van der Waals surface area contributed by atoms with Crippen molar-refractivity contribution in [2.75, 3.05) is 0 Å². The second-order valence-electron chi connectivity index (χ2n) is 3.65. The third kappa shape index (κ3) is 4.77. The van der Waals surface area contributed by atoms with Crippen molar-refractivity contribution >= 4 is 22.6 Å². The summed E-state index contributed by atoms with van der Waals surface area (Å²) in [7, 11) is 0. The van der Waals surface area contributed by atoms with Crippen LogP contribution in [0.15, 0.2) is 17.1 Å². The first-order valence-electron chi connectivity index (χ1n) is 5.46. The van der Waals surface area contributed by atoms with E-state index in [1.165, 1.54) is 25.7 Å². The lowest BCUT2D eigenvalue weighted by molar-refractivity contribution is 0.512. The van der Waals surface area contributed by atoms with Gasteiger partial charge in [-0.2, -0.15) is 5.10 Å². The van der Waals surface area contributed by atoms with Gasteiger partial charge in [-0.1, -0.05) is 32.6 Å². The van der Waals surface area contributed by atoms with Gasteiger partial charge in [-0.3, -0.25) is 4.79 Å². The summed E-state index contributed by atoms with van der Waals surface area (Å²) in [5.74, 6) is 0. The smallest absolute Gasteiger partial charge is 0.267 e. The summed E-state index contributed by atoms with van der Waals surface area (Å²) in [6, 6.07) is 1.62. The number of aromatic nitrogens is 2. The van der Waals surface area contributed by atoms with Crippen LogP contribution < -0.4 is 5.56 Å². The zero-order valence-electron chi connectivity index (χ0n) is 9.08. The zero-order chi connectivity index (χ0) is 11.1. The fraction of sp³-hybridized carbons (Fsp3) is 0.636. The molecule has 3 nitrogen and oxygen atoms in total. The topological polar surface area (TPSA) is 34.9 Å². The van der Waals surface area contributed by atoms with Gasteiger partial charge in [0.05, 0.1) is 6.20 Å². The van der Waals surface area contributed by atoms with Gasteiger partial charge in [-0.25, -0.2) is 4.68 Å². The number of hydrogen-bond donors (Lipinski definition) is 0. The second kappa shape index (κ2) is 6.98. The lowest BCUT2D eigenvalue weighted by Gasteiger charge is -2.03. The van der Waals surface area contributed by atoms with Gasteiger partial charge in [-0.05, 0) is 29.0 Å². The van der Waals surface area contributed by atoms with Gasteiger partial charge in [0.15, 0.2) is 0 Å². The Kier molecular flexibility index (Phi) is 5.90. The van der Waals surface area contributed by atoms with E-state index in [2.05, 4.69) is 34.6 Å². The first kappa shape index (κ1) is 12.7. The molecule has 4 heteroatoms. The van der Waals surface area contributed by atoms with Crippen LogP contribution in [0.5, 0.6) is 0 Å². The fourth-order valence-corrected chi connectivity index (χ4v) is 1.84. The van der Waals surface area contributed by atoms with Crippen LogP contribution >= 0.6 is 22.6 Å². The number of aryl methyl sites for hydroxylation is 1. The van der Waals surface area contributed by atoms with Crippen molar-refractivity contribution in [2.24, 2.45) is 0 Å². The number of unbranched alkanes of at least 4 members (excludes halogenated alkanes) is 4. The molecule has 0 aromatic carbocycles. The normalized spacial score (nSPS) is 10.5. The minimum atomic E-state index is 0.0115. The molecule has 0 saturated heterocycles. The minimum absolute atomic E-state index is 0.0115. The molecule has 0 aliphatic rings.